The molecule has 0 saturated heterocycles. The fourth-order valence-electron chi connectivity index (χ4n) is 2.30. The van der Waals surface area contributed by atoms with E-state index in [4.69, 9.17) is 9.47 Å². The first kappa shape index (κ1) is 17.0. The van der Waals surface area contributed by atoms with E-state index >= 15 is 0 Å². The van der Waals surface area contributed by atoms with Crippen LogP contribution in [0.2, 0.25) is 0 Å². The SMILES string of the molecule is COc1ccc(-c2nc(C(=O)NCc3cccc(OC)c3)cs2)cc1. The molecule has 3 rings (SSSR count). The number of carbonyl (C=O) groups excluding carboxylic acids is 1. The fourth-order valence-corrected chi connectivity index (χ4v) is 3.11. The Hall–Kier alpha value is -2.86. The summed E-state index contributed by atoms with van der Waals surface area (Å²) < 4.78 is 10.3. The van der Waals surface area contributed by atoms with E-state index in [0.29, 0.717) is 12.2 Å². The largest absolute Gasteiger partial charge is 0.497 e. The standard InChI is InChI=1S/C19H18N2O3S/c1-23-15-8-6-14(7-9-15)19-21-17(12-25-19)18(22)20-11-13-4-3-5-16(10-13)24-2/h3-10,12H,11H2,1-2H3,(H,20,22). The molecule has 2 aromatic carbocycles. The molecular formula is C19H18N2O3S. The van der Waals surface area contributed by atoms with Crippen molar-refractivity contribution in [3.05, 3.63) is 65.2 Å². The zero-order valence-electron chi connectivity index (χ0n) is 14.0. The predicted molar refractivity (Wildman–Crippen MR) is 98.3 cm³/mol. The highest BCUT2D eigenvalue weighted by molar-refractivity contribution is 7.13. The maximum atomic E-state index is 12.3. The van der Waals surface area contributed by atoms with Crippen LogP contribution in [0.1, 0.15) is 16.1 Å². The Kier molecular flexibility index (Phi) is 5.30. The summed E-state index contributed by atoms with van der Waals surface area (Å²) in [6.07, 6.45) is 0. The second kappa shape index (κ2) is 7.81. The molecule has 0 aliphatic heterocycles. The summed E-state index contributed by atoms with van der Waals surface area (Å²) in [6.45, 7) is 0.422. The van der Waals surface area contributed by atoms with E-state index in [-0.39, 0.29) is 5.91 Å². The number of nitrogens with zero attached hydrogens (tertiary/aromatic N) is 1. The van der Waals surface area contributed by atoms with Gasteiger partial charge in [-0.25, -0.2) is 4.98 Å². The van der Waals surface area contributed by atoms with E-state index < -0.39 is 0 Å². The van der Waals surface area contributed by atoms with Crippen molar-refractivity contribution in [2.45, 2.75) is 6.54 Å². The summed E-state index contributed by atoms with van der Waals surface area (Å²) in [6, 6.07) is 15.2. The molecule has 3 aromatic rings. The van der Waals surface area contributed by atoms with E-state index in [1.54, 1.807) is 19.6 Å². The number of carbonyl (C=O) groups is 1. The lowest BCUT2D eigenvalue weighted by molar-refractivity contribution is 0.0946. The molecule has 0 aliphatic carbocycles. The first-order chi connectivity index (χ1) is 12.2. The van der Waals surface area contributed by atoms with Crippen LogP contribution in [-0.2, 0) is 6.54 Å². The molecule has 0 spiro atoms. The van der Waals surface area contributed by atoms with Crippen LogP contribution in [0.15, 0.2) is 53.9 Å². The molecule has 6 heteroatoms. The van der Waals surface area contributed by atoms with Gasteiger partial charge in [-0.2, -0.15) is 0 Å². The van der Waals surface area contributed by atoms with Gasteiger partial charge in [0.2, 0.25) is 0 Å². The third-order valence-corrected chi connectivity index (χ3v) is 4.55. The monoisotopic (exact) mass is 354 g/mol. The van der Waals surface area contributed by atoms with Crippen molar-refractivity contribution < 1.29 is 14.3 Å². The number of benzene rings is 2. The molecule has 1 heterocycles. The maximum absolute atomic E-state index is 12.3. The quantitative estimate of drug-likeness (QED) is 0.732. The molecule has 0 bridgehead atoms. The Morgan fingerprint density at radius 1 is 1.08 bits per heavy atom. The van der Waals surface area contributed by atoms with Crippen molar-refractivity contribution in [1.82, 2.24) is 10.3 Å². The molecule has 25 heavy (non-hydrogen) atoms. The third kappa shape index (κ3) is 4.16. The molecule has 0 fully saturated rings. The van der Waals surface area contributed by atoms with E-state index in [0.717, 1.165) is 27.6 Å². The van der Waals surface area contributed by atoms with Crippen LogP contribution >= 0.6 is 11.3 Å². The van der Waals surface area contributed by atoms with Crippen LogP contribution in [0.4, 0.5) is 0 Å². The summed E-state index contributed by atoms with van der Waals surface area (Å²) in [5.74, 6) is 1.36. The zero-order chi connectivity index (χ0) is 17.6. The lowest BCUT2D eigenvalue weighted by atomic mass is 10.2. The van der Waals surface area contributed by atoms with Crippen LogP contribution in [0.5, 0.6) is 11.5 Å². The number of hydrogen-bond acceptors (Lipinski definition) is 5. The van der Waals surface area contributed by atoms with Gasteiger partial charge in [-0.05, 0) is 42.0 Å². The Morgan fingerprint density at radius 2 is 1.84 bits per heavy atom. The van der Waals surface area contributed by atoms with Crippen molar-refractivity contribution in [2.75, 3.05) is 14.2 Å². The van der Waals surface area contributed by atoms with Crippen LogP contribution in [0.3, 0.4) is 0 Å². The van der Waals surface area contributed by atoms with E-state index in [1.165, 1.54) is 11.3 Å². The van der Waals surface area contributed by atoms with Gasteiger partial charge in [-0.15, -0.1) is 11.3 Å². The highest BCUT2D eigenvalue weighted by Crippen LogP contribution is 2.25. The van der Waals surface area contributed by atoms with Gasteiger partial charge in [-0.1, -0.05) is 12.1 Å². The zero-order valence-corrected chi connectivity index (χ0v) is 14.8. The summed E-state index contributed by atoms with van der Waals surface area (Å²) in [5, 5.41) is 5.44. The minimum Gasteiger partial charge on any atom is -0.497 e. The fraction of sp³-hybridized carbons (Fsp3) is 0.158. The van der Waals surface area contributed by atoms with Gasteiger partial charge in [0.1, 0.15) is 22.2 Å². The van der Waals surface area contributed by atoms with Gasteiger partial charge in [0.25, 0.3) is 5.91 Å². The number of thiazole rings is 1. The minimum absolute atomic E-state index is 0.196. The molecular weight excluding hydrogens is 336 g/mol. The minimum atomic E-state index is -0.196. The van der Waals surface area contributed by atoms with Gasteiger partial charge >= 0.3 is 0 Å². The van der Waals surface area contributed by atoms with E-state index in [2.05, 4.69) is 10.3 Å². The van der Waals surface area contributed by atoms with Gasteiger partial charge in [0, 0.05) is 17.5 Å². The lowest BCUT2D eigenvalue weighted by Crippen LogP contribution is -2.23. The summed E-state index contributed by atoms with van der Waals surface area (Å²) >= 11 is 1.44. The summed E-state index contributed by atoms with van der Waals surface area (Å²) in [7, 11) is 3.25. The normalized spacial score (nSPS) is 10.3. The van der Waals surface area contributed by atoms with Crippen molar-refractivity contribution in [3.63, 3.8) is 0 Å². The van der Waals surface area contributed by atoms with Gasteiger partial charge in [0.15, 0.2) is 0 Å². The van der Waals surface area contributed by atoms with E-state index in [1.807, 2.05) is 48.5 Å². The second-order valence-corrected chi connectivity index (χ2v) is 6.16. The predicted octanol–water partition coefficient (Wildman–Crippen LogP) is 3.76. The Bertz CT molecular complexity index is 859. The number of nitrogens with one attached hydrogen (secondary N) is 1. The van der Waals surface area contributed by atoms with Gasteiger partial charge in [0.05, 0.1) is 14.2 Å². The average molecular weight is 354 g/mol. The number of rotatable bonds is 6. The smallest absolute Gasteiger partial charge is 0.271 e. The highest BCUT2D eigenvalue weighted by atomic mass is 32.1. The van der Waals surface area contributed by atoms with Crippen LogP contribution in [0, 0.1) is 0 Å². The third-order valence-electron chi connectivity index (χ3n) is 3.66. The summed E-state index contributed by atoms with van der Waals surface area (Å²) in [4.78, 5) is 16.7. The van der Waals surface area contributed by atoms with Crippen LogP contribution < -0.4 is 14.8 Å². The molecule has 0 saturated carbocycles. The average Bonchev–Trinajstić information content (AvgIpc) is 3.16. The van der Waals surface area contributed by atoms with Crippen LogP contribution in [0.25, 0.3) is 10.6 Å². The molecule has 5 nitrogen and oxygen atoms in total. The van der Waals surface area contributed by atoms with Crippen molar-refractivity contribution in [1.29, 1.82) is 0 Å². The summed E-state index contributed by atoms with van der Waals surface area (Å²) in [5.41, 5.74) is 2.34. The number of methoxy groups -OCH3 is 2. The lowest BCUT2D eigenvalue weighted by Gasteiger charge is -2.05. The highest BCUT2D eigenvalue weighted by Gasteiger charge is 2.12. The molecule has 0 radical (unpaired) electrons. The molecule has 0 unspecified atom stereocenters. The Morgan fingerprint density at radius 3 is 2.56 bits per heavy atom. The Labute approximate surface area is 150 Å². The van der Waals surface area contributed by atoms with Crippen molar-refractivity contribution in [2.24, 2.45) is 0 Å². The molecule has 1 amide bonds. The number of ether oxygens (including phenoxy) is 2. The maximum Gasteiger partial charge on any atom is 0.271 e. The van der Waals surface area contributed by atoms with Crippen molar-refractivity contribution in [3.8, 4) is 22.1 Å². The molecule has 0 aliphatic rings. The van der Waals surface area contributed by atoms with Crippen molar-refractivity contribution >= 4 is 17.2 Å². The van der Waals surface area contributed by atoms with Crippen LogP contribution in [-0.4, -0.2) is 25.1 Å². The molecule has 1 aromatic heterocycles. The molecule has 128 valence electrons. The van der Waals surface area contributed by atoms with E-state index in [9.17, 15) is 4.79 Å². The number of hydrogen-bond donors (Lipinski definition) is 1. The van der Waals surface area contributed by atoms with Gasteiger partial charge in [-0.3, -0.25) is 4.79 Å². The molecule has 0 atom stereocenters. The number of aromatic nitrogens is 1. The first-order valence-corrected chi connectivity index (χ1v) is 8.58. The Balaban J connectivity index is 1.65. The van der Waals surface area contributed by atoms with Gasteiger partial charge < -0.3 is 14.8 Å². The topological polar surface area (TPSA) is 60.5 Å². The first-order valence-electron chi connectivity index (χ1n) is 7.70. The second-order valence-electron chi connectivity index (χ2n) is 5.30. The number of amides is 1. The molecule has 1 N–H and O–H groups in total.